The number of carbonyl (C=O) groups excluding carboxylic acids is 2. The molecule has 216 valence electrons. The molecule has 9 nitrogen and oxygen atoms in total. The van der Waals surface area contributed by atoms with Crippen LogP contribution in [0.2, 0.25) is 0 Å². The minimum Gasteiger partial charge on any atom is -0.494 e. The summed E-state index contributed by atoms with van der Waals surface area (Å²) in [7, 11) is 3.25. The average Bonchev–Trinajstić information content (AvgIpc) is 3.21. The van der Waals surface area contributed by atoms with Gasteiger partial charge in [-0.2, -0.15) is 0 Å². The molecule has 0 unspecified atom stereocenters. The van der Waals surface area contributed by atoms with Crippen LogP contribution in [-0.2, 0) is 23.2 Å². The number of Topliss-reactive ketones (excluding diaryl/α,β-unsaturated/α-hetero) is 1. The predicted molar refractivity (Wildman–Crippen MR) is 156 cm³/mol. The number of piperidine rings is 1. The summed E-state index contributed by atoms with van der Waals surface area (Å²) in [6.07, 6.45) is 1.18. The number of likely N-dealkylation sites (N-methyl/N-ethyl adjacent to an activating group) is 1. The van der Waals surface area contributed by atoms with Crippen LogP contribution in [-0.4, -0.2) is 74.0 Å². The number of fused-ring (bicyclic) bond motifs is 1. The highest BCUT2D eigenvalue weighted by Crippen LogP contribution is 2.41. The predicted octanol–water partition coefficient (Wildman–Crippen LogP) is 3.66. The lowest BCUT2D eigenvalue weighted by Crippen LogP contribution is -2.36. The fraction of sp³-hybridized carbons (Fsp3) is 0.516. The van der Waals surface area contributed by atoms with Crippen LogP contribution in [0, 0.1) is 5.41 Å². The van der Waals surface area contributed by atoms with Crippen LogP contribution < -0.4 is 19.7 Å². The number of nitrogens with zero attached hydrogens (tertiary/aromatic N) is 2. The summed E-state index contributed by atoms with van der Waals surface area (Å²) in [5, 5.41) is 21.5. The van der Waals surface area contributed by atoms with Crippen LogP contribution in [0.25, 0.3) is 0 Å². The van der Waals surface area contributed by atoms with E-state index in [1.807, 2.05) is 31.2 Å². The van der Waals surface area contributed by atoms with Crippen molar-refractivity contribution in [3.63, 3.8) is 0 Å². The second kappa shape index (κ2) is 11.9. The monoisotopic (exact) mass is 550 g/mol. The summed E-state index contributed by atoms with van der Waals surface area (Å²) in [5.74, 6) is 1.44. The Labute approximate surface area is 237 Å². The number of rotatable bonds is 9. The van der Waals surface area contributed by atoms with Crippen molar-refractivity contribution in [2.75, 3.05) is 45.3 Å². The van der Waals surface area contributed by atoms with Crippen molar-refractivity contribution in [1.29, 1.82) is 5.41 Å². The van der Waals surface area contributed by atoms with Crippen LogP contribution >= 0.6 is 0 Å². The Kier molecular flexibility index (Phi) is 8.73. The van der Waals surface area contributed by atoms with E-state index in [2.05, 4.69) is 31.0 Å². The van der Waals surface area contributed by atoms with Crippen LogP contribution in [0.3, 0.4) is 0 Å². The molecule has 0 spiro atoms. The molecule has 40 heavy (non-hydrogen) atoms. The molecular weight excluding hydrogens is 508 g/mol. The zero-order chi connectivity index (χ0) is 29.2. The highest BCUT2D eigenvalue weighted by molar-refractivity contribution is 6.06. The molecule has 4 rings (SSSR count). The molecule has 2 aromatic rings. The van der Waals surface area contributed by atoms with Gasteiger partial charge >= 0.3 is 0 Å². The van der Waals surface area contributed by atoms with Crippen molar-refractivity contribution in [3.8, 4) is 11.5 Å². The minimum absolute atomic E-state index is 0.0519. The summed E-state index contributed by atoms with van der Waals surface area (Å²) in [6, 6.07) is 7.56. The molecule has 0 aliphatic carbocycles. The van der Waals surface area contributed by atoms with Crippen molar-refractivity contribution in [1.82, 2.24) is 10.2 Å². The van der Waals surface area contributed by atoms with Gasteiger partial charge in [0, 0.05) is 48.9 Å². The lowest BCUT2D eigenvalue weighted by molar-refractivity contribution is -0.119. The Morgan fingerprint density at radius 1 is 1.15 bits per heavy atom. The lowest BCUT2D eigenvalue weighted by atomic mass is 9.84. The second-order valence-corrected chi connectivity index (χ2v) is 11.6. The number of amidine groups is 1. The fourth-order valence-corrected chi connectivity index (χ4v) is 5.45. The molecule has 2 aromatic carbocycles. The van der Waals surface area contributed by atoms with E-state index in [0.717, 1.165) is 28.1 Å². The smallest absolute Gasteiger partial charge is 0.224 e. The van der Waals surface area contributed by atoms with Gasteiger partial charge in [0.1, 0.15) is 17.3 Å². The maximum Gasteiger partial charge on any atom is 0.224 e. The average molecular weight is 551 g/mol. The van der Waals surface area contributed by atoms with E-state index < -0.39 is 0 Å². The molecule has 0 radical (unpaired) electrons. The number of benzene rings is 2. The third kappa shape index (κ3) is 6.09. The van der Waals surface area contributed by atoms with E-state index in [4.69, 9.17) is 14.9 Å². The molecule has 3 N–H and O–H groups in total. The minimum atomic E-state index is -0.308. The number of ketones is 1. The molecule has 0 bridgehead atoms. The maximum absolute atomic E-state index is 13.8. The Morgan fingerprint density at radius 2 is 1.85 bits per heavy atom. The normalized spacial score (nSPS) is 15.7. The molecule has 0 aromatic heterocycles. The zero-order valence-electron chi connectivity index (χ0n) is 24.5. The van der Waals surface area contributed by atoms with Gasteiger partial charge < -0.3 is 29.7 Å². The molecule has 2 aliphatic rings. The number of aliphatic hydroxyl groups excluding tert-OH is 1. The first-order chi connectivity index (χ1) is 19.0. The van der Waals surface area contributed by atoms with Gasteiger partial charge in [0.05, 0.1) is 38.5 Å². The van der Waals surface area contributed by atoms with Crippen molar-refractivity contribution in [2.45, 2.75) is 65.0 Å². The van der Waals surface area contributed by atoms with E-state index in [0.29, 0.717) is 56.0 Å². The van der Waals surface area contributed by atoms with Crippen LogP contribution in [0.1, 0.15) is 73.1 Å². The van der Waals surface area contributed by atoms with Crippen molar-refractivity contribution in [2.24, 2.45) is 0 Å². The molecule has 0 saturated carbocycles. The van der Waals surface area contributed by atoms with Gasteiger partial charge in [-0.15, -0.1) is 0 Å². The largest absolute Gasteiger partial charge is 0.494 e. The first-order valence-corrected chi connectivity index (χ1v) is 14.0. The van der Waals surface area contributed by atoms with E-state index in [1.165, 1.54) is 0 Å². The van der Waals surface area contributed by atoms with Crippen molar-refractivity contribution < 1.29 is 24.2 Å². The summed E-state index contributed by atoms with van der Waals surface area (Å²) in [5.41, 5.74) is 4.46. The Bertz CT molecular complexity index is 1290. The van der Waals surface area contributed by atoms with Gasteiger partial charge in [-0.3, -0.25) is 15.0 Å². The molecule has 9 heteroatoms. The highest BCUT2D eigenvalue weighted by Gasteiger charge is 2.31. The lowest BCUT2D eigenvalue weighted by Gasteiger charge is -2.35. The van der Waals surface area contributed by atoms with Crippen molar-refractivity contribution in [3.05, 3.63) is 52.1 Å². The van der Waals surface area contributed by atoms with Gasteiger partial charge in [-0.25, -0.2) is 0 Å². The van der Waals surface area contributed by atoms with Gasteiger partial charge in [0.2, 0.25) is 5.91 Å². The molecule has 0 atom stereocenters. The highest BCUT2D eigenvalue weighted by atomic mass is 16.5. The topological polar surface area (TPSA) is 115 Å². The van der Waals surface area contributed by atoms with E-state index in [1.54, 1.807) is 19.1 Å². The molecule has 1 amide bonds. The molecular formula is C31H42N4O5. The summed E-state index contributed by atoms with van der Waals surface area (Å²) in [6.45, 7) is 10.5. The molecule has 1 fully saturated rings. The summed E-state index contributed by atoms with van der Waals surface area (Å²) >= 11 is 0. The maximum atomic E-state index is 13.8. The number of hydrogen-bond donors (Lipinski definition) is 3. The first-order valence-electron chi connectivity index (χ1n) is 14.0. The Balaban J connectivity index is 1.63. The molecule has 2 heterocycles. The standard InChI is InChI=1S/C31H42N4O5/c1-7-40-27-15-21-17-35(30(32)23(21)12-20(27)16-28(38)33-5)18-26(37)19-13-24(31(2,3)4)29(39-6)25(14-19)34-10-8-22(36)9-11-34/h12-15,22,32,36H,7-11,16-18H2,1-6H3,(H,33,38). The number of amides is 1. The zero-order valence-corrected chi connectivity index (χ0v) is 24.5. The van der Waals surface area contributed by atoms with Crippen LogP contribution in [0.5, 0.6) is 11.5 Å². The first kappa shape index (κ1) is 29.4. The Morgan fingerprint density at radius 3 is 2.45 bits per heavy atom. The number of methoxy groups -OCH3 is 1. The number of anilines is 1. The number of aliphatic hydroxyl groups is 1. The summed E-state index contributed by atoms with van der Waals surface area (Å²) < 4.78 is 11.7. The SMILES string of the molecule is CCOc1cc2c(cc1CC(=O)NC)C(=N)N(CC(=O)c1cc(N3CCC(O)CC3)c(OC)c(C(C)(C)C)c1)C2. The van der Waals surface area contributed by atoms with Crippen LogP contribution in [0.15, 0.2) is 24.3 Å². The quantitative estimate of drug-likeness (QED) is 0.408. The third-order valence-electron chi connectivity index (χ3n) is 7.69. The van der Waals surface area contributed by atoms with Gasteiger partial charge in [-0.05, 0) is 55.0 Å². The number of ether oxygens (including phenoxy) is 2. The molecule has 1 saturated heterocycles. The van der Waals surface area contributed by atoms with E-state index in [-0.39, 0.29) is 42.0 Å². The number of nitrogens with one attached hydrogen (secondary N) is 2. The van der Waals surface area contributed by atoms with Crippen molar-refractivity contribution >= 4 is 23.2 Å². The van der Waals surface area contributed by atoms with Gasteiger partial charge in [0.25, 0.3) is 0 Å². The molecule has 2 aliphatic heterocycles. The number of hydrogen-bond acceptors (Lipinski definition) is 7. The van der Waals surface area contributed by atoms with E-state index in [9.17, 15) is 14.7 Å². The second-order valence-electron chi connectivity index (χ2n) is 11.6. The Hall–Kier alpha value is -3.59. The van der Waals surface area contributed by atoms with Gasteiger partial charge in [0.15, 0.2) is 5.78 Å². The van der Waals surface area contributed by atoms with Gasteiger partial charge in [-0.1, -0.05) is 20.8 Å². The third-order valence-corrected chi connectivity index (χ3v) is 7.69. The fourth-order valence-electron chi connectivity index (χ4n) is 5.45. The summed E-state index contributed by atoms with van der Waals surface area (Å²) in [4.78, 5) is 29.8. The van der Waals surface area contributed by atoms with Crippen LogP contribution in [0.4, 0.5) is 5.69 Å². The van der Waals surface area contributed by atoms with E-state index >= 15 is 0 Å². The number of carbonyl (C=O) groups is 2.